The Morgan fingerprint density at radius 2 is 2.04 bits per heavy atom. The third kappa shape index (κ3) is 4.78. The van der Waals surface area contributed by atoms with Crippen molar-refractivity contribution in [2.45, 2.75) is 32.8 Å². The summed E-state index contributed by atoms with van der Waals surface area (Å²) in [6.07, 6.45) is 6.90. The van der Waals surface area contributed by atoms with Gasteiger partial charge in [0.1, 0.15) is 11.7 Å². The Balaban J connectivity index is 1.63. The van der Waals surface area contributed by atoms with Gasteiger partial charge < -0.3 is 24.2 Å². The Kier molecular flexibility index (Phi) is 6.50. The number of ether oxygens (including phenoxy) is 2. The summed E-state index contributed by atoms with van der Waals surface area (Å²) < 4.78 is 11.7. The van der Waals surface area contributed by atoms with Crippen molar-refractivity contribution in [3.05, 3.63) is 34.2 Å². The average molecular weight is 453 g/mol. The van der Waals surface area contributed by atoms with Gasteiger partial charge in [0.25, 0.3) is 0 Å². The summed E-state index contributed by atoms with van der Waals surface area (Å²) in [5.74, 6) is 1.80. The number of hydrogen-bond donors (Lipinski definition) is 0. The van der Waals surface area contributed by atoms with Crippen LogP contribution in [0.15, 0.2) is 39.2 Å². The molecule has 0 aromatic carbocycles. The largest absolute Gasteiger partial charge is 0.438 e. The molecule has 3 aliphatic rings. The number of carbonyl (C=O) groups excluding carboxylic acids is 1. The summed E-state index contributed by atoms with van der Waals surface area (Å²) >= 11 is 3.66. The Labute approximate surface area is 175 Å². The summed E-state index contributed by atoms with van der Waals surface area (Å²) in [5, 5.41) is 0. The van der Waals surface area contributed by atoms with Crippen LogP contribution in [-0.4, -0.2) is 78.7 Å². The lowest BCUT2D eigenvalue weighted by Gasteiger charge is -2.41. The van der Waals surface area contributed by atoms with Crippen LogP contribution in [0.25, 0.3) is 0 Å². The van der Waals surface area contributed by atoms with Crippen molar-refractivity contribution >= 4 is 27.9 Å². The predicted octanol–water partition coefficient (Wildman–Crippen LogP) is 3.31. The summed E-state index contributed by atoms with van der Waals surface area (Å²) in [7, 11) is 1.99. The van der Waals surface area contributed by atoms with Crippen LogP contribution >= 0.6 is 15.9 Å². The maximum absolute atomic E-state index is 12.4. The Hall–Kier alpha value is -1.80. The van der Waals surface area contributed by atoms with Gasteiger partial charge in [-0.1, -0.05) is 12.5 Å². The first-order valence-corrected chi connectivity index (χ1v) is 10.5. The van der Waals surface area contributed by atoms with Crippen LogP contribution in [0, 0.1) is 0 Å². The third-order valence-electron chi connectivity index (χ3n) is 5.16. The normalized spacial score (nSPS) is 24.0. The molecular weight excluding hydrogens is 424 g/mol. The van der Waals surface area contributed by atoms with Gasteiger partial charge in [0.2, 0.25) is 0 Å². The van der Waals surface area contributed by atoms with Gasteiger partial charge in [-0.25, -0.2) is 9.79 Å². The van der Waals surface area contributed by atoms with Gasteiger partial charge >= 0.3 is 6.09 Å². The predicted molar refractivity (Wildman–Crippen MR) is 113 cm³/mol. The molecule has 0 unspecified atom stereocenters. The van der Waals surface area contributed by atoms with E-state index in [1.807, 2.05) is 31.1 Å². The number of aliphatic imine (C=N–C) groups is 1. The lowest BCUT2D eigenvalue weighted by Crippen LogP contribution is -2.56. The van der Waals surface area contributed by atoms with Crippen molar-refractivity contribution in [1.82, 2.24) is 14.7 Å². The van der Waals surface area contributed by atoms with Crippen LogP contribution in [0.2, 0.25) is 0 Å². The zero-order chi connectivity index (χ0) is 20.3. The zero-order valence-corrected chi connectivity index (χ0v) is 18.7. The maximum Gasteiger partial charge on any atom is 0.410 e. The fraction of sp³-hybridized carbons (Fsp3) is 0.600. The van der Waals surface area contributed by atoms with Gasteiger partial charge in [-0.05, 0) is 48.4 Å². The standard InChI is InChI=1S/C20H29BrN4O3/c1-5-15(2)12-16(21)18-22-17(6-7-23(18)4)24-8-10-25(11-9-24)19(26)28-20(3)13-27-14-20/h6-7,12H,5,8-11,13-14H2,1-4H3/b15-12?,18-16+. The molecule has 0 radical (unpaired) electrons. The molecule has 0 bridgehead atoms. The number of nitrogens with zero attached hydrogens (tertiary/aromatic N) is 4. The van der Waals surface area contributed by atoms with Crippen LogP contribution in [0.4, 0.5) is 4.79 Å². The lowest BCUT2D eigenvalue weighted by atomic mass is 10.1. The van der Waals surface area contributed by atoms with Crippen molar-refractivity contribution in [2.75, 3.05) is 46.4 Å². The Bertz CT molecular complexity index is 732. The fourth-order valence-electron chi connectivity index (χ4n) is 3.10. The van der Waals surface area contributed by atoms with Crippen molar-refractivity contribution in [3.8, 4) is 0 Å². The van der Waals surface area contributed by atoms with Crippen molar-refractivity contribution in [2.24, 2.45) is 4.99 Å². The number of carbonyl (C=O) groups is 1. The highest BCUT2D eigenvalue weighted by molar-refractivity contribution is 9.11. The first-order chi connectivity index (χ1) is 13.3. The summed E-state index contributed by atoms with van der Waals surface area (Å²) in [5.41, 5.74) is 0.822. The zero-order valence-electron chi connectivity index (χ0n) is 17.1. The smallest absolute Gasteiger partial charge is 0.410 e. The van der Waals surface area contributed by atoms with E-state index >= 15 is 0 Å². The fourth-order valence-corrected chi connectivity index (χ4v) is 3.86. The highest BCUT2D eigenvalue weighted by Crippen LogP contribution is 2.25. The summed E-state index contributed by atoms with van der Waals surface area (Å²) in [4.78, 5) is 23.2. The number of allylic oxidation sites excluding steroid dienone is 3. The molecule has 3 heterocycles. The number of piperazine rings is 1. The van der Waals surface area contributed by atoms with Gasteiger partial charge in [0.15, 0.2) is 5.60 Å². The topological polar surface area (TPSA) is 57.6 Å². The van der Waals surface area contributed by atoms with E-state index in [1.165, 1.54) is 5.57 Å². The highest BCUT2D eigenvalue weighted by atomic mass is 79.9. The molecule has 28 heavy (non-hydrogen) atoms. The van der Waals surface area contributed by atoms with E-state index in [9.17, 15) is 4.79 Å². The minimum atomic E-state index is -0.467. The monoisotopic (exact) mass is 452 g/mol. The van der Waals surface area contributed by atoms with E-state index in [1.54, 1.807) is 4.90 Å². The van der Waals surface area contributed by atoms with Crippen LogP contribution in [0.5, 0.6) is 0 Å². The highest BCUT2D eigenvalue weighted by Gasteiger charge is 2.39. The number of rotatable bonds is 3. The molecule has 154 valence electrons. The number of amidine groups is 1. The van der Waals surface area contributed by atoms with Crippen LogP contribution < -0.4 is 0 Å². The maximum atomic E-state index is 12.4. The van der Waals surface area contributed by atoms with Crippen LogP contribution in [0.3, 0.4) is 0 Å². The summed E-state index contributed by atoms with van der Waals surface area (Å²) in [6, 6.07) is 0. The molecule has 7 nitrogen and oxygen atoms in total. The van der Waals surface area contributed by atoms with Crippen LogP contribution in [-0.2, 0) is 9.47 Å². The molecule has 2 saturated heterocycles. The second-order valence-electron chi connectivity index (χ2n) is 7.70. The molecular formula is C20H29BrN4O3. The Morgan fingerprint density at radius 1 is 1.36 bits per heavy atom. The lowest BCUT2D eigenvalue weighted by molar-refractivity contribution is -0.172. The van der Waals surface area contributed by atoms with Crippen molar-refractivity contribution in [3.63, 3.8) is 0 Å². The molecule has 0 aromatic heterocycles. The van der Waals surface area contributed by atoms with E-state index in [2.05, 4.69) is 40.8 Å². The minimum Gasteiger partial charge on any atom is -0.438 e. The van der Waals surface area contributed by atoms with E-state index in [-0.39, 0.29) is 6.09 Å². The minimum absolute atomic E-state index is 0.255. The SMILES string of the molecule is CCC(C)=C/C(Br)=C1/N=C(N2CCN(C(=O)OC3(C)COC3)CC2)C=CN1C. The van der Waals surface area contributed by atoms with Crippen molar-refractivity contribution < 1.29 is 14.3 Å². The molecule has 0 saturated carbocycles. The number of halogens is 1. The van der Waals surface area contributed by atoms with E-state index in [0.717, 1.165) is 35.6 Å². The molecule has 2 fully saturated rings. The Morgan fingerprint density at radius 3 is 2.61 bits per heavy atom. The van der Waals surface area contributed by atoms with Gasteiger partial charge in [-0.2, -0.15) is 0 Å². The first-order valence-electron chi connectivity index (χ1n) is 9.68. The molecule has 8 heteroatoms. The summed E-state index contributed by atoms with van der Waals surface area (Å²) in [6.45, 7) is 9.80. The molecule has 3 rings (SSSR count). The number of amides is 1. The molecule has 0 spiro atoms. The molecule has 3 aliphatic heterocycles. The van der Waals surface area contributed by atoms with E-state index < -0.39 is 5.60 Å². The first kappa shape index (κ1) is 20.9. The molecule has 0 atom stereocenters. The second-order valence-corrected chi connectivity index (χ2v) is 8.55. The molecule has 0 aromatic rings. The third-order valence-corrected chi connectivity index (χ3v) is 5.74. The van der Waals surface area contributed by atoms with Gasteiger partial charge in [-0.3, -0.25) is 0 Å². The molecule has 0 N–H and O–H groups in total. The van der Waals surface area contributed by atoms with Crippen LogP contribution in [0.1, 0.15) is 27.2 Å². The number of hydrogen-bond acceptors (Lipinski definition) is 6. The van der Waals surface area contributed by atoms with Gasteiger partial charge in [0, 0.05) is 39.4 Å². The van der Waals surface area contributed by atoms with E-state index in [4.69, 9.17) is 14.5 Å². The average Bonchev–Trinajstić information content (AvgIpc) is 2.67. The van der Waals surface area contributed by atoms with Gasteiger partial charge in [0.05, 0.1) is 17.7 Å². The second kappa shape index (κ2) is 8.69. The van der Waals surface area contributed by atoms with Gasteiger partial charge in [-0.15, -0.1) is 0 Å². The molecule has 0 aliphatic carbocycles. The quantitative estimate of drug-likeness (QED) is 0.657. The van der Waals surface area contributed by atoms with E-state index in [0.29, 0.717) is 26.3 Å². The van der Waals surface area contributed by atoms with Crippen molar-refractivity contribution in [1.29, 1.82) is 0 Å². The molecule has 1 amide bonds.